The number of likely N-dealkylation sites (tertiary alicyclic amines) is 1. The molecule has 1 amide bonds. The number of anilines is 1. The average molecular weight is 327 g/mol. The third kappa shape index (κ3) is 5.70. The number of nitrogens with one attached hydrogen (secondary N) is 2. The Balaban J connectivity index is 1.75. The Hall–Kier alpha value is -1.83. The van der Waals surface area contributed by atoms with Crippen LogP contribution in [0.5, 0.6) is 0 Å². The SMILES string of the molecule is CC(C)Nc1ncc(CN2CCC(CNC(=O)C(F)F)C2)cn1. The van der Waals surface area contributed by atoms with Crippen LogP contribution in [0.15, 0.2) is 12.4 Å². The van der Waals surface area contributed by atoms with Crippen molar-refractivity contribution in [2.75, 3.05) is 25.0 Å². The van der Waals surface area contributed by atoms with Crippen LogP contribution in [0.2, 0.25) is 0 Å². The second-order valence-electron chi connectivity index (χ2n) is 6.15. The zero-order valence-electron chi connectivity index (χ0n) is 13.4. The molecule has 1 atom stereocenters. The number of carbonyl (C=O) groups excluding carboxylic acids is 1. The van der Waals surface area contributed by atoms with Crippen molar-refractivity contribution in [1.29, 1.82) is 0 Å². The van der Waals surface area contributed by atoms with Gasteiger partial charge in [-0.1, -0.05) is 0 Å². The molecule has 128 valence electrons. The molecule has 1 saturated heterocycles. The molecule has 8 heteroatoms. The van der Waals surface area contributed by atoms with Crippen LogP contribution in [0.1, 0.15) is 25.8 Å². The van der Waals surface area contributed by atoms with Crippen LogP contribution in [-0.4, -0.2) is 52.9 Å². The van der Waals surface area contributed by atoms with E-state index < -0.39 is 12.3 Å². The van der Waals surface area contributed by atoms with E-state index in [1.807, 2.05) is 13.8 Å². The predicted molar refractivity (Wildman–Crippen MR) is 83.2 cm³/mol. The summed E-state index contributed by atoms with van der Waals surface area (Å²) in [5, 5.41) is 5.42. The van der Waals surface area contributed by atoms with E-state index in [1.54, 1.807) is 12.4 Å². The van der Waals surface area contributed by atoms with Gasteiger partial charge in [0, 0.05) is 43.6 Å². The van der Waals surface area contributed by atoms with Crippen molar-refractivity contribution in [2.24, 2.45) is 5.92 Å². The van der Waals surface area contributed by atoms with Gasteiger partial charge in [0.2, 0.25) is 5.95 Å². The van der Waals surface area contributed by atoms with Crippen LogP contribution in [-0.2, 0) is 11.3 Å². The second-order valence-corrected chi connectivity index (χ2v) is 6.15. The van der Waals surface area contributed by atoms with Gasteiger partial charge in [0.05, 0.1) is 0 Å². The molecule has 1 aromatic rings. The third-order valence-electron chi connectivity index (χ3n) is 3.66. The van der Waals surface area contributed by atoms with Crippen LogP contribution in [0.3, 0.4) is 0 Å². The summed E-state index contributed by atoms with van der Waals surface area (Å²) in [5.74, 6) is -0.372. The van der Waals surface area contributed by atoms with Gasteiger partial charge in [-0.25, -0.2) is 9.97 Å². The molecule has 2 heterocycles. The fourth-order valence-corrected chi connectivity index (χ4v) is 2.57. The van der Waals surface area contributed by atoms with Crippen LogP contribution >= 0.6 is 0 Å². The molecule has 1 aliphatic heterocycles. The summed E-state index contributed by atoms with van der Waals surface area (Å²) in [7, 11) is 0. The Bertz CT molecular complexity index is 509. The number of hydrogen-bond acceptors (Lipinski definition) is 5. The molecule has 1 aliphatic rings. The van der Waals surface area contributed by atoms with E-state index in [-0.39, 0.29) is 12.0 Å². The van der Waals surface area contributed by atoms with Crippen LogP contribution < -0.4 is 10.6 Å². The Morgan fingerprint density at radius 3 is 2.70 bits per heavy atom. The van der Waals surface area contributed by atoms with Gasteiger partial charge >= 0.3 is 6.43 Å². The number of alkyl halides is 2. The molecule has 0 bridgehead atoms. The monoisotopic (exact) mass is 327 g/mol. The van der Waals surface area contributed by atoms with E-state index >= 15 is 0 Å². The lowest BCUT2D eigenvalue weighted by molar-refractivity contribution is -0.131. The Morgan fingerprint density at radius 2 is 2.09 bits per heavy atom. The van der Waals surface area contributed by atoms with Gasteiger partial charge < -0.3 is 10.6 Å². The lowest BCUT2D eigenvalue weighted by Gasteiger charge is -2.16. The highest BCUT2D eigenvalue weighted by atomic mass is 19.3. The maximum atomic E-state index is 12.1. The summed E-state index contributed by atoms with van der Waals surface area (Å²) in [6.45, 7) is 6.72. The van der Waals surface area contributed by atoms with E-state index in [0.717, 1.165) is 31.6 Å². The summed E-state index contributed by atoms with van der Waals surface area (Å²) in [5.41, 5.74) is 1.01. The first kappa shape index (κ1) is 17.5. The van der Waals surface area contributed by atoms with E-state index in [2.05, 4.69) is 25.5 Å². The van der Waals surface area contributed by atoms with Gasteiger partial charge in [-0.15, -0.1) is 0 Å². The Labute approximate surface area is 134 Å². The minimum Gasteiger partial charge on any atom is -0.352 e. The number of carbonyl (C=O) groups is 1. The lowest BCUT2D eigenvalue weighted by Crippen LogP contribution is -2.34. The molecule has 0 aliphatic carbocycles. The van der Waals surface area contributed by atoms with Gasteiger partial charge in [-0.05, 0) is 32.7 Å². The van der Waals surface area contributed by atoms with Crippen LogP contribution in [0.4, 0.5) is 14.7 Å². The summed E-state index contributed by atoms with van der Waals surface area (Å²) in [4.78, 5) is 21.6. The zero-order valence-corrected chi connectivity index (χ0v) is 13.4. The molecule has 0 saturated carbocycles. The topological polar surface area (TPSA) is 70.2 Å². The van der Waals surface area contributed by atoms with E-state index in [9.17, 15) is 13.6 Å². The van der Waals surface area contributed by atoms with Crippen molar-refractivity contribution in [2.45, 2.75) is 39.3 Å². The normalized spacial score (nSPS) is 18.6. The fourth-order valence-electron chi connectivity index (χ4n) is 2.57. The third-order valence-corrected chi connectivity index (χ3v) is 3.66. The van der Waals surface area contributed by atoms with Crippen molar-refractivity contribution in [3.8, 4) is 0 Å². The first-order valence-corrected chi connectivity index (χ1v) is 7.79. The Morgan fingerprint density at radius 1 is 1.39 bits per heavy atom. The van der Waals surface area contributed by atoms with E-state index in [4.69, 9.17) is 0 Å². The van der Waals surface area contributed by atoms with Crippen molar-refractivity contribution < 1.29 is 13.6 Å². The molecule has 2 rings (SSSR count). The molecule has 1 aromatic heterocycles. The Kier molecular flexibility index (Phi) is 6.20. The molecule has 1 unspecified atom stereocenters. The average Bonchev–Trinajstić information content (AvgIpc) is 2.93. The minimum atomic E-state index is -2.94. The van der Waals surface area contributed by atoms with Crippen molar-refractivity contribution in [3.05, 3.63) is 18.0 Å². The van der Waals surface area contributed by atoms with E-state index in [0.29, 0.717) is 12.5 Å². The van der Waals surface area contributed by atoms with Gasteiger partial charge in [0.15, 0.2) is 0 Å². The molecule has 1 fully saturated rings. The second kappa shape index (κ2) is 8.14. The van der Waals surface area contributed by atoms with Gasteiger partial charge in [-0.3, -0.25) is 9.69 Å². The van der Waals surface area contributed by atoms with Crippen LogP contribution in [0.25, 0.3) is 0 Å². The summed E-state index contributed by atoms with van der Waals surface area (Å²) < 4.78 is 24.3. The van der Waals surface area contributed by atoms with Crippen molar-refractivity contribution in [1.82, 2.24) is 20.2 Å². The number of hydrogen-bond donors (Lipinski definition) is 2. The standard InChI is InChI=1S/C15H23F2N5O/c1-10(2)21-15-19-6-12(7-20-15)9-22-4-3-11(8-22)5-18-14(23)13(16)17/h6-7,10-11,13H,3-5,8-9H2,1-2H3,(H,18,23)(H,19,20,21). The number of aromatic nitrogens is 2. The summed E-state index contributed by atoms with van der Waals surface area (Å²) in [6, 6.07) is 0.281. The highest BCUT2D eigenvalue weighted by Crippen LogP contribution is 2.18. The summed E-state index contributed by atoms with van der Waals surface area (Å²) >= 11 is 0. The zero-order chi connectivity index (χ0) is 16.8. The number of nitrogens with zero attached hydrogens (tertiary/aromatic N) is 3. The van der Waals surface area contributed by atoms with Crippen molar-refractivity contribution >= 4 is 11.9 Å². The predicted octanol–water partition coefficient (Wildman–Crippen LogP) is 1.50. The molecule has 6 nitrogen and oxygen atoms in total. The van der Waals surface area contributed by atoms with Crippen molar-refractivity contribution in [3.63, 3.8) is 0 Å². The van der Waals surface area contributed by atoms with Crippen LogP contribution in [0, 0.1) is 5.92 Å². The molecule has 0 radical (unpaired) electrons. The molecule has 0 aromatic carbocycles. The highest BCUT2D eigenvalue weighted by Gasteiger charge is 2.24. The molecule has 23 heavy (non-hydrogen) atoms. The van der Waals surface area contributed by atoms with Gasteiger partial charge in [0.25, 0.3) is 5.91 Å². The first-order valence-electron chi connectivity index (χ1n) is 7.79. The highest BCUT2D eigenvalue weighted by molar-refractivity contribution is 5.79. The minimum absolute atomic E-state index is 0.209. The maximum Gasteiger partial charge on any atom is 0.315 e. The first-order chi connectivity index (χ1) is 10.9. The number of halogens is 2. The molecular formula is C15H23F2N5O. The molecular weight excluding hydrogens is 304 g/mol. The number of rotatable bonds is 7. The largest absolute Gasteiger partial charge is 0.352 e. The maximum absolute atomic E-state index is 12.1. The summed E-state index contributed by atoms with van der Waals surface area (Å²) in [6.07, 6.45) is 1.53. The number of amides is 1. The van der Waals surface area contributed by atoms with Gasteiger partial charge in [0.1, 0.15) is 0 Å². The lowest BCUT2D eigenvalue weighted by atomic mass is 10.1. The molecule has 0 spiro atoms. The van der Waals surface area contributed by atoms with E-state index in [1.165, 1.54) is 0 Å². The van der Waals surface area contributed by atoms with Gasteiger partial charge in [-0.2, -0.15) is 8.78 Å². The quantitative estimate of drug-likeness (QED) is 0.794. The fraction of sp³-hybridized carbons (Fsp3) is 0.667. The molecule has 2 N–H and O–H groups in total. The smallest absolute Gasteiger partial charge is 0.315 e.